The van der Waals surface area contributed by atoms with E-state index in [0.29, 0.717) is 0 Å². The number of hydrogen-bond acceptors (Lipinski definition) is 4. The van der Waals surface area contributed by atoms with E-state index in [1.165, 1.54) is 11.1 Å². The Kier molecular flexibility index (Phi) is 4.24. The largest absolute Gasteiger partial charge is 0.508 e. The van der Waals surface area contributed by atoms with Gasteiger partial charge >= 0.3 is 0 Å². The Morgan fingerprint density at radius 3 is 2.62 bits per heavy atom. The fourth-order valence-electron chi connectivity index (χ4n) is 3.57. The zero-order valence-corrected chi connectivity index (χ0v) is 14.5. The van der Waals surface area contributed by atoms with Gasteiger partial charge in [-0.25, -0.2) is 4.39 Å². The van der Waals surface area contributed by atoms with Crippen LogP contribution in [-0.2, 0) is 6.42 Å². The van der Waals surface area contributed by atoms with Gasteiger partial charge in [0, 0.05) is 42.0 Å². The first-order chi connectivity index (χ1) is 11.6. The minimum absolute atomic E-state index is 0.207. The van der Waals surface area contributed by atoms with Crippen molar-refractivity contribution in [3.63, 3.8) is 0 Å². The molecule has 1 saturated heterocycles. The van der Waals surface area contributed by atoms with E-state index < -0.39 is 0 Å². The number of rotatable bonds is 1. The lowest BCUT2D eigenvalue weighted by molar-refractivity contribution is 0.110. The predicted octanol–water partition coefficient (Wildman–Crippen LogP) is 3.53. The highest BCUT2D eigenvalue weighted by Gasteiger charge is 2.29. The highest BCUT2D eigenvalue weighted by atomic mass is 32.2. The Morgan fingerprint density at radius 2 is 1.83 bits per heavy atom. The first-order valence-electron chi connectivity index (χ1n) is 8.32. The fraction of sp³-hybridized carbons (Fsp3) is 0.368. The summed E-state index contributed by atoms with van der Waals surface area (Å²) in [5.74, 6) is 0.0548. The van der Waals surface area contributed by atoms with E-state index >= 15 is 0 Å². The topological polar surface area (TPSA) is 26.7 Å². The lowest BCUT2D eigenvalue weighted by Gasteiger charge is -2.38. The zero-order chi connectivity index (χ0) is 16.7. The number of piperazine rings is 1. The smallest absolute Gasteiger partial charge is 0.124 e. The maximum absolute atomic E-state index is 13.7. The molecular formula is C19H21FN2OS. The van der Waals surface area contributed by atoms with Crippen LogP contribution in [0.4, 0.5) is 4.39 Å². The number of fused-ring (bicyclic) bond motifs is 2. The molecule has 2 aromatic carbocycles. The average Bonchev–Trinajstić information content (AvgIpc) is 2.71. The molecule has 0 aliphatic carbocycles. The van der Waals surface area contributed by atoms with Crippen LogP contribution in [0.3, 0.4) is 0 Å². The van der Waals surface area contributed by atoms with Crippen LogP contribution in [0.25, 0.3) is 0 Å². The van der Waals surface area contributed by atoms with Gasteiger partial charge in [-0.15, -0.1) is 0 Å². The Bertz CT molecular complexity index is 759. The lowest BCUT2D eigenvalue weighted by Crippen LogP contribution is -2.46. The molecular weight excluding hydrogens is 323 g/mol. The minimum atomic E-state index is -0.207. The van der Waals surface area contributed by atoms with Crippen molar-refractivity contribution >= 4 is 11.8 Å². The van der Waals surface area contributed by atoms with Gasteiger partial charge in [0.25, 0.3) is 0 Å². The molecule has 4 rings (SSSR count). The van der Waals surface area contributed by atoms with Gasteiger partial charge < -0.3 is 10.0 Å². The number of halogens is 1. The van der Waals surface area contributed by atoms with Crippen molar-refractivity contribution in [2.45, 2.75) is 22.3 Å². The summed E-state index contributed by atoms with van der Waals surface area (Å²) in [6, 6.07) is 10.9. The Morgan fingerprint density at radius 1 is 1.04 bits per heavy atom. The first kappa shape index (κ1) is 15.9. The van der Waals surface area contributed by atoms with Gasteiger partial charge in [-0.1, -0.05) is 23.9 Å². The maximum Gasteiger partial charge on any atom is 0.124 e. The van der Waals surface area contributed by atoms with Crippen molar-refractivity contribution in [3.05, 3.63) is 53.3 Å². The van der Waals surface area contributed by atoms with E-state index in [9.17, 15) is 9.50 Å². The molecule has 0 aromatic heterocycles. The molecule has 1 atom stereocenters. The van der Waals surface area contributed by atoms with E-state index in [-0.39, 0.29) is 17.6 Å². The molecule has 0 amide bonds. The van der Waals surface area contributed by atoms with Crippen molar-refractivity contribution in [1.29, 1.82) is 0 Å². The predicted molar refractivity (Wildman–Crippen MR) is 94.1 cm³/mol. The van der Waals surface area contributed by atoms with Crippen LogP contribution >= 0.6 is 11.8 Å². The maximum atomic E-state index is 13.7. The summed E-state index contributed by atoms with van der Waals surface area (Å²) in [4.78, 5) is 6.86. The van der Waals surface area contributed by atoms with Crippen LogP contribution in [0.15, 0.2) is 46.2 Å². The molecule has 0 spiro atoms. The summed E-state index contributed by atoms with van der Waals surface area (Å²) in [6.45, 7) is 4.19. The minimum Gasteiger partial charge on any atom is -0.508 e. The van der Waals surface area contributed by atoms with E-state index in [1.807, 2.05) is 18.2 Å². The van der Waals surface area contributed by atoms with Crippen LogP contribution in [0.1, 0.15) is 17.2 Å². The van der Waals surface area contributed by atoms with Crippen molar-refractivity contribution in [3.8, 4) is 5.75 Å². The number of hydrogen-bond donors (Lipinski definition) is 1. The second kappa shape index (κ2) is 6.39. The fourth-order valence-corrected chi connectivity index (χ4v) is 4.77. The quantitative estimate of drug-likeness (QED) is 0.856. The molecule has 0 saturated carbocycles. The van der Waals surface area contributed by atoms with Crippen LogP contribution in [0, 0.1) is 5.82 Å². The SMILES string of the molecule is CN1CCN(C2Cc3ccc(F)cc3Sc3cc(O)ccc32)CC1. The molecule has 2 aliphatic heterocycles. The van der Waals surface area contributed by atoms with Crippen molar-refractivity contribution in [1.82, 2.24) is 9.80 Å². The van der Waals surface area contributed by atoms with Crippen LogP contribution < -0.4 is 0 Å². The van der Waals surface area contributed by atoms with E-state index in [1.54, 1.807) is 30.0 Å². The summed E-state index contributed by atoms with van der Waals surface area (Å²) in [6.07, 6.45) is 0.879. The zero-order valence-electron chi connectivity index (χ0n) is 13.7. The van der Waals surface area contributed by atoms with Crippen LogP contribution in [0.2, 0.25) is 0 Å². The molecule has 0 bridgehead atoms. The first-order valence-corrected chi connectivity index (χ1v) is 9.13. The highest BCUT2D eigenvalue weighted by Crippen LogP contribution is 2.44. The second-order valence-corrected chi connectivity index (χ2v) is 7.72. The number of nitrogens with zero attached hydrogens (tertiary/aromatic N) is 2. The highest BCUT2D eigenvalue weighted by molar-refractivity contribution is 7.99. The molecule has 24 heavy (non-hydrogen) atoms. The normalized spacial score (nSPS) is 21.8. The third kappa shape index (κ3) is 3.04. The summed E-state index contributed by atoms with van der Waals surface area (Å²) < 4.78 is 13.7. The van der Waals surface area contributed by atoms with Gasteiger partial charge in [-0.05, 0) is 48.9 Å². The molecule has 2 aromatic rings. The third-order valence-electron chi connectivity index (χ3n) is 5.00. The molecule has 1 unspecified atom stereocenters. The third-order valence-corrected chi connectivity index (χ3v) is 6.17. The van der Waals surface area contributed by atoms with Gasteiger partial charge in [-0.3, -0.25) is 4.90 Å². The number of phenols is 1. The Labute approximate surface area is 146 Å². The molecule has 0 radical (unpaired) electrons. The van der Waals surface area contributed by atoms with Crippen LogP contribution in [-0.4, -0.2) is 48.1 Å². The van der Waals surface area contributed by atoms with Gasteiger partial charge in [0.1, 0.15) is 11.6 Å². The number of likely N-dealkylation sites (N-methyl/N-ethyl adjacent to an activating group) is 1. The molecule has 2 aliphatic rings. The van der Waals surface area contributed by atoms with Crippen LogP contribution in [0.5, 0.6) is 5.75 Å². The molecule has 5 heteroatoms. The number of phenolic OH excluding ortho intramolecular Hbond substituents is 1. The van der Waals surface area contributed by atoms with E-state index in [2.05, 4.69) is 16.8 Å². The van der Waals surface area contributed by atoms with E-state index in [4.69, 9.17) is 0 Å². The van der Waals surface area contributed by atoms with Gasteiger partial charge in [0.2, 0.25) is 0 Å². The average molecular weight is 344 g/mol. The summed E-state index contributed by atoms with van der Waals surface area (Å²) in [7, 11) is 2.16. The van der Waals surface area contributed by atoms with E-state index in [0.717, 1.165) is 42.4 Å². The molecule has 1 fully saturated rings. The van der Waals surface area contributed by atoms with Gasteiger partial charge in [0.05, 0.1) is 0 Å². The standard InChI is InChI=1S/C19H21FN2OS/c1-21-6-8-22(9-7-21)17-10-13-2-3-14(20)11-18(13)24-19-12-15(23)4-5-16(17)19/h2-5,11-12,17,23H,6-10H2,1H3. The summed E-state index contributed by atoms with van der Waals surface area (Å²) in [5, 5.41) is 9.91. The molecule has 126 valence electrons. The summed E-state index contributed by atoms with van der Waals surface area (Å²) >= 11 is 1.56. The Hall–Kier alpha value is -1.56. The number of benzene rings is 2. The van der Waals surface area contributed by atoms with Crippen molar-refractivity contribution < 1.29 is 9.50 Å². The van der Waals surface area contributed by atoms with Gasteiger partial charge in [0.15, 0.2) is 0 Å². The Balaban J connectivity index is 1.76. The van der Waals surface area contributed by atoms with Crippen molar-refractivity contribution in [2.75, 3.05) is 33.2 Å². The summed E-state index contributed by atoms with van der Waals surface area (Å²) in [5.41, 5.74) is 2.42. The second-order valence-electron chi connectivity index (χ2n) is 6.64. The van der Waals surface area contributed by atoms with Crippen molar-refractivity contribution in [2.24, 2.45) is 0 Å². The molecule has 1 N–H and O–H groups in total. The number of aromatic hydroxyl groups is 1. The molecule has 2 heterocycles. The molecule has 3 nitrogen and oxygen atoms in total. The van der Waals surface area contributed by atoms with Gasteiger partial charge in [-0.2, -0.15) is 0 Å². The lowest BCUT2D eigenvalue weighted by atomic mass is 9.96. The monoisotopic (exact) mass is 344 g/mol.